The average Bonchev–Trinajstić information content (AvgIpc) is 3.37. The Balaban J connectivity index is 1.10. The van der Waals surface area contributed by atoms with Gasteiger partial charge >= 0.3 is 0 Å². The molecule has 2 unspecified atom stereocenters. The van der Waals surface area contributed by atoms with Gasteiger partial charge in [0.1, 0.15) is 18.5 Å². The molecule has 11 nitrogen and oxygen atoms in total. The number of aliphatic hydroxyl groups excluding tert-OH is 2. The lowest BCUT2D eigenvalue weighted by atomic mass is 9.88. The molecular formula is C28H35N3O8S2. The van der Waals surface area contributed by atoms with Crippen molar-refractivity contribution in [3.05, 3.63) is 60.9 Å². The zero-order valence-electron chi connectivity index (χ0n) is 22.6. The number of rotatable bonds is 11. The molecule has 5 rings (SSSR count). The summed E-state index contributed by atoms with van der Waals surface area (Å²) in [5, 5.41) is 24.2. The molecule has 41 heavy (non-hydrogen) atoms. The molecule has 2 aliphatic rings. The molecule has 3 aromatic rings. The molecule has 1 aromatic heterocycles. The molecule has 2 aliphatic heterocycles. The number of sulfonamides is 1. The van der Waals surface area contributed by atoms with E-state index in [4.69, 9.17) is 14.6 Å². The van der Waals surface area contributed by atoms with Crippen LogP contribution < -0.4 is 10.1 Å². The van der Waals surface area contributed by atoms with Gasteiger partial charge in [-0.1, -0.05) is 18.2 Å². The number of ether oxygens (including phenoxy) is 2. The molecule has 13 heteroatoms. The first-order chi connectivity index (χ1) is 19.6. The van der Waals surface area contributed by atoms with Crippen molar-refractivity contribution in [1.29, 1.82) is 0 Å². The van der Waals surface area contributed by atoms with E-state index >= 15 is 0 Å². The van der Waals surface area contributed by atoms with E-state index in [1.807, 2.05) is 6.07 Å². The van der Waals surface area contributed by atoms with Gasteiger partial charge in [-0.05, 0) is 49.6 Å². The molecule has 0 radical (unpaired) electrons. The Hall–Kier alpha value is -2.65. The van der Waals surface area contributed by atoms with Crippen molar-refractivity contribution in [2.24, 2.45) is 0 Å². The van der Waals surface area contributed by atoms with Crippen LogP contribution in [0.2, 0.25) is 0 Å². The largest absolute Gasteiger partial charge is 0.491 e. The summed E-state index contributed by atoms with van der Waals surface area (Å²) in [6, 6.07) is 12.9. The lowest BCUT2D eigenvalue weighted by Crippen LogP contribution is -2.47. The molecule has 3 heterocycles. The van der Waals surface area contributed by atoms with Crippen molar-refractivity contribution < 1.29 is 36.5 Å². The van der Waals surface area contributed by atoms with Crippen molar-refractivity contribution in [2.45, 2.75) is 46.8 Å². The van der Waals surface area contributed by atoms with E-state index in [2.05, 4.69) is 10.3 Å². The Bertz CT molecular complexity index is 1570. The summed E-state index contributed by atoms with van der Waals surface area (Å²) in [7, 11) is -7.27. The zero-order chi connectivity index (χ0) is 29.1. The highest BCUT2D eigenvalue weighted by Crippen LogP contribution is 2.38. The third-order valence-corrected chi connectivity index (χ3v) is 11.4. The maximum atomic E-state index is 13.5. The highest BCUT2D eigenvalue weighted by Gasteiger charge is 2.45. The van der Waals surface area contributed by atoms with Crippen LogP contribution in [0.25, 0.3) is 10.8 Å². The molecule has 1 spiro atoms. The first kappa shape index (κ1) is 29.8. The van der Waals surface area contributed by atoms with Crippen molar-refractivity contribution in [3.63, 3.8) is 0 Å². The molecular weight excluding hydrogens is 570 g/mol. The van der Waals surface area contributed by atoms with Gasteiger partial charge in [-0.25, -0.2) is 16.8 Å². The number of nitrogens with zero attached hydrogens (tertiary/aromatic N) is 2. The number of nitrogens with one attached hydrogen (secondary N) is 1. The summed E-state index contributed by atoms with van der Waals surface area (Å²) in [5.74, 6) is -0.0581. The maximum Gasteiger partial charge on any atom is 0.243 e. The van der Waals surface area contributed by atoms with Gasteiger partial charge in [-0.15, -0.1) is 0 Å². The van der Waals surface area contributed by atoms with Gasteiger partial charge in [-0.2, -0.15) is 4.31 Å². The number of aromatic nitrogens is 1. The van der Waals surface area contributed by atoms with E-state index in [-0.39, 0.29) is 34.7 Å². The molecule has 2 atom stereocenters. The van der Waals surface area contributed by atoms with Crippen LogP contribution in [0.3, 0.4) is 0 Å². The number of aliphatic hydroxyl groups is 2. The Morgan fingerprint density at radius 2 is 1.90 bits per heavy atom. The second-order valence-corrected chi connectivity index (χ2v) is 14.6. The number of pyridine rings is 1. The smallest absolute Gasteiger partial charge is 0.243 e. The minimum atomic E-state index is -3.67. The van der Waals surface area contributed by atoms with E-state index in [9.17, 15) is 21.9 Å². The highest BCUT2D eigenvalue weighted by molar-refractivity contribution is 7.91. The zero-order valence-corrected chi connectivity index (χ0v) is 24.2. The molecule has 2 aromatic carbocycles. The summed E-state index contributed by atoms with van der Waals surface area (Å²) in [4.78, 5) is 4.43. The Morgan fingerprint density at radius 3 is 2.68 bits per heavy atom. The average molecular weight is 606 g/mol. The first-order valence-corrected chi connectivity index (χ1v) is 16.7. The third-order valence-electron chi connectivity index (χ3n) is 7.71. The predicted octanol–water partition coefficient (Wildman–Crippen LogP) is 1.34. The maximum absolute atomic E-state index is 13.5. The number of hydrogen-bond donors (Lipinski definition) is 3. The van der Waals surface area contributed by atoms with E-state index in [0.29, 0.717) is 50.1 Å². The van der Waals surface area contributed by atoms with Gasteiger partial charge in [0, 0.05) is 48.8 Å². The highest BCUT2D eigenvalue weighted by atomic mass is 32.2. The molecule has 0 bridgehead atoms. The van der Waals surface area contributed by atoms with Gasteiger partial charge in [0.15, 0.2) is 9.84 Å². The van der Waals surface area contributed by atoms with Crippen LogP contribution in [0.15, 0.2) is 70.7 Å². The summed E-state index contributed by atoms with van der Waals surface area (Å²) in [5.41, 5.74) is -0.408. The predicted molar refractivity (Wildman–Crippen MR) is 152 cm³/mol. The summed E-state index contributed by atoms with van der Waals surface area (Å²) in [6.07, 6.45) is 4.29. The summed E-state index contributed by atoms with van der Waals surface area (Å²) >= 11 is 0. The van der Waals surface area contributed by atoms with E-state index in [0.717, 1.165) is 5.39 Å². The van der Waals surface area contributed by atoms with Gasteiger partial charge in [0.05, 0.1) is 34.4 Å². The number of hydrogen-bond acceptors (Lipinski definition) is 10. The summed E-state index contributed by atoms with van der Waals surface area (Å²) < 4.78 is 64.6. The lowest BCUT2D eigenvalue weighted by Gasteiger charge is -2.38. The Kier molecular flexibility index (Phi) is 8.95. The number of benzene rings is 2. The van der Waals surface area contributed by atoms with Crippen LogP contribution in [0.1, 0.15) is 19.3 Å². The monoisotopic (exact) mass is 605 g/mol. The van der Waals surface area contributed by atoms with E-state index < -0.39 is 38.2 Å². The third kappa shape index (κ3) is 6.72. The molecule has 0 saturated carbocycles. The normalized spacial score (nSPS) is 20.4. The fraction of sp³-hybridized carbons (Fsp3) is 0.464. The number of fused-ring (bicyclic) bond motifs is 1. The van der Waals surface area contributed by atoms with Gasteiger partial charge in [-0.3, -0.25) is 4.98 Å². The first-order valence-electron chi connectivity index (χ1n) is 13.6. The molecule has 0 aliphatic carbocycles. The van der Waals surface area contributed by atoms with Gasteiger partial charge in [0.2, 0.25) is 10.0 Å². The van der Waals surface area contributed by atoms with Crippen LogP contribution in [0.5, 0.6) is 5.75 Å². The second kappa shape index (κ2) is 12.3. The van der Waals surface area contributed by atoms with E-state index in [1.165, 1.54) is 16.4 Å². The lowest BCUT2D eigenvalue weighted by molar-refractivity contribution is -0.0312. The van der Waals surface area contributed by atoms with Crippen molar-refractivity contribution in [2.75, 3.05) is 45.2 Å². The number of piperidine rings is 1. The fourth-order valence-electron chi connectivity index (χ4n) is 5.46. The molecule has 2 fully saturated rings. The molecule has 2 saturated heterocycles. The van der Waals surface area contributed by atoms with Crippen molar-refractivity contribution >= 4 is 30.6 Å². The molecule has 3 N–H and O–H groups in total. The van der Waals surface area contributed by atoms with Gasteiger partial charge in [0.25, 0.3) is 0 Å². The Labute approximate surface area is 240 Å². The van der Waals surface area contributed by atoms with Crippen LogP contribution in [0.4, 0.5) is 0 Å². The minimum absolute atomic E-state index is 0.00493. The second-order valence-electron chi connectivity index (χ2n) is 10.5. The van der Waals surface area contributed by atoms with Crippen LogP contribution in [0, 0.1) is 0 Å². The van der Waals surface area contributed by atoms with Crippen molar-refractivity contribution in [1.82, 2.24) is 14.6 Å². The fourth-order valence-corrected chi connectivity index (χ4v) is 8.18. The van der Waals surface area contributed by atoms with Crippen LogP contribution in [-0.4, -0.2) is 99.3 Å². The summed E-state index contributed by atoms with van der Waals surface area (Å²) in [6.45, 7) is 0.932. The van der Waals surface area contributed by atoms with E-state index in [1.54, 1.807) is 42.7 Å². The standard InChI is InChI=1S/C28H35N3O8S2/c32-13-14-40(34,35)25-5-2-4-24(15-25)38-20-23(33)18-30-22-16-28(39-19-22)8-11-31(12-9-28)41(36,37)27-6-1-3-21-17-29-10-7-26(21)27/h1-7,10,15,17,22-23,30,32-33H,8-9,11-14,16,18-20H2. The SMILES string of the molecule is O=S(=O)(CCO)c1cccc(OCC(O)CNC2COC3(CCN(S(=O)(=O)c4cccc5cnccc45)CC3)C2)c1. The molecule has 222 valence electrons. The van der Waals surface area contributed by atoms with Crippen molar-refractivity contribution in [3.8, 4) is 5.75 Å². The number of sulfone groups is 1. The van der Waals surface area contributed by atoms with Crippen LogP contribution >= 0.6 is 0 Å². The van der Waals surface area contributed by atoms with Gasteiger partial charge < -0.3 is 25.0 Å². The van der Waals surface area contributed by atoms with Crippen LogP contribution in [-0.2, 0) is 24.6 Å². The topological polar surface area (TPSA) is 155 Å². The quantitative estimate of drug-likeness (QED) is 0.292. The Morgan fingerprint density at radius 1 is 1.12 bits per heavy atom. The minimum Gasteiger partial charge on any atom is -0.491 e. The molecule has 0 amide bonds.